The normalized spacial score (nSPS) is 15.6. The summed E-state index contributed by atoms with van der Waals surface area (Å²) in [6.07, 6.45) is 6.26. The van der Waals surface area contributed by atoms with Gasteiger partial charge in [-0.1, -0.05) is 25.0 Å². The highest BCUT2D eigenvalue weighted by atomic mass is 16.2. The highest BCUT2D eigenvalue weighted by Crippen LogP contribution is 2.21. The summed E-state index contributed by atoms with van der Waals surface area (Å²) in [5.74, 6) is 1.00. The van der Waals surface area contributed by atoms with Crippen molar-refractivity contribution in [3.8, 4) is 0 Å². The Morgan fingerprint density at radius 1 is 1.14 bits per heavy atom. The highest BCUT2D eigenvalue weighted by molar-refractivity contribution is 5.91. The number of aromatic nitrogens is 2. The number of benzene rings is 1. The number of hydrogen-bond acceptors (Lipinski definition) is 4. The topological polar surface area (TPSA) is 49.3 Å². The van der Waals surface area contributed by atoms with Gasteiger partial charge in [0.15, 0.2) is 0 Å². The molecule has 2 aromatic rings. The van der Waals surface area contributed by atoms with Gasteiger partial charge < -0.3 is 9.80 Å². The van der Waals surface area contributed by atoms with E-state index in [0.29, 0.717) is 6.54 Å². The fraction of sp³-hybridized carbons (Fsp3) is 0.471. The van der Waals surface area contributed by atoms with Crippen molar-refractivity contribution in [1.29, 1.82) is 0 Å². The first-order valence-corrected chi connectivity index (χ1v) is 7.94. The van der Waals surface area contributed by atoms with E-state index in [4.69, 9.17) is 0 Å². The molecule has 5 heteroatoms. The summed E-state index contributed by atoms with van der Waals surface area (Å²) in [5, 5.41) is 0.983. The first-order chi connectivity index (χ1) is 10.8. The number of likely N-dealkylation sites (tertiary alicyclic amines) is 1. The molecule has 0 N–H and O–H groups in total. The van der Waals surface area contributed by atoms with Gasteiger partial charge in [-0.05, 0) is 25.0 Å². The lowest BCUT2D eigenvalue weighted by Crippen LogP contribution is -2.39. The third kappa shape index (κ3) is 3.18. The van der Waals surface area contributed by atoms with Crippen molar-refractivity contribution in [3.05, 3.63) is 30.6 Å². The van der Waals surface area contributed by atoms with Gasteiger partial charge in [0, 0.05) is 25.5 Å². The lowest BCUT2D eigenvalue weighted by Gasteiger charge is -2.25. The van der Waals surface area contributed by atoms with Crippen LogP contribution in [0.2, 0.25) is 0 Å². The number of carbonyl (C=O) groups excluding carboxylic acids is 1. The van der Waals surface area contributed by atoms with E-state index < -0.39 is 0 Å². The molecule has 5 nitrogen and oxygen atoms in total. The molecule has 22 heavy (non-hydrogen) atoms. The smallest absolute Gasteiger partial charge is 0.242 e. The van der Waals surface area contributed by atoms with E-state index in [1.165, 1.54) is 12.8 Å². The number of hydrogen-bond donors (Lipinski definition) is 0. The predicted molar refractivity (Wildman–Crippen MR) is 87.9 cm³/mol. The van der Waals surface area contributed by atoms with Crippen LogP contribution in [-0.2, 0) is 4.79 Å². The van der Waals surface area contributed by atoms with Crippen LogP contribution in [0.15, 0.2) is 30.6 Å². The number of anilines is 1. The van der Waals surface area contributed by atoms with E-state index in [2.05, 4.69) is 9.97 Å². The minimum Gasteiger partial charge on any atom is -0.350 e. The van der Waals surface area contributed by atoms with E-state index >= 15 is 0 Å². The van der Waals surface area contributed by atoms with Crippen LogP contribution in [0.3, 0.4) is 0 Å². The summed E-state index contributed by atoms with van der Waals surface area (Å²) in [4.78, 5) is 25.1. The molecule has 1 aliphatic heterocycles. The number of amides is 1. The van der Waals surface area contributed by atoms with Crippen LogP contribution < -0.4 is 4.90 Å². The van der Waals surface area contributed by atoms with Crippen LogP contribution in [0.1, 0.15) is 25.7 Å². The third-order valence-corrected chi connectivity index (χ3v) is 4.21. The Morgan fingerprint density at radius 3 is 2.64 bits per heavy atom. The molecule has 1 fully saturated rings. The lowest BCUT2D eigenvalue weighted by atomic mass is 10.2. The van der Waals surface area contributed by atoms with Crippen LogP contribution >= 0.6 is 0 Å². The Kier molecular flexibility index (Phi) is 4.51. The van der Waals surface area contributed by atoms with Crippen LogP contribution in [0, 0.1) is 0 Å². The number of rotatable bonds is 3. The Balaban J connectivity index is 1.75. The van der Waals surface area contributed by atoms with Gasteiger partial charge in [0.05, 0.1) is 12.1 Å². The first kappa shape index (κ1) is 14.8. The van der Waals surface area contributed by atoms with Crippen molar-refractivity contribution in [1.82, 2.24) is 14.9 Å². The maximum Gasteiger partial charge on any atom is 0.242 e. The molecule has 0 unspecified atom stereocenters. The number of para-hydroxylation sites is 1. The molecule has 2 heterocycles. The molecular formula is C17H22N4O. The molecule has 0 bridgehead atoms. The van der Waals surface area contributed by atoms with Gasteiger partial charge in [0.1, 0.15) is 12.1 Å². The van der Waals surface area contributed by atoms with Crippen molar-refractivity contribution in [2.24, 2.45) is 0 Å². The molecule has 0 spiro atoms. The van der Waals surface area contributed by atoms with Crippen LogP contribution in [0.4, 0.5) is 5.82 Å². The first-order valence-electron chi connectivity index (χ1n) is 7.94. The fourth-order valence-corrected chi connectivity index (χ4v) is 2.99. The van der Waals surface area contributed by atoms with Crippen molar-refractivity contribution in [3.63, 3.8) is 0 Å². The van der Waals surface area contributed by atoms with Gasteiger partial charge in [0.25, 0.3) is 0 Å². The van der Waals surface area contributed by atoms with Gasteiger partial charge in [-0.3, -0.25) is 4.79 Å². The van der Waals surface area contributed by atoms with Gasteiger partial charge in [0.2, 0.25) is 5.91 Å². The molecule has 0 saturated carbocycles. The molecule has 116 valence electrons. The quantitative estimate of drug-likeness (QED) is 0.873. The standard InChI is InChI=1S/C17H22N4O/c1-20(12-16(22)21-10-6-2-3-7-11-21)17-14-8-4-5-9-15(14)18-13-19-17/h4-5,8-9,13H,2-3,6-7,10-12H2,1H3. The van der Waals surface area contributed by atoms with Crippen LogP contribution in [0.5, 0.6) is 0 Å². The van der Waals surface area contributed by atoms with Crippen molar-refractivity contribution in [2.45, 2.75) is 25.7 Å². The molecule has 0 aliphatic carbocycles. The summed E-state index contributed by atoms with van der Waals surface area (Å²) < 4.78 is 0. The highest BCUT2D eigenvalue weighted by Gasteiger charge is 2.18. The zero-order valence-corrected chi connectivity index (χ0v) is 13.0. The van der Waals surface area contributed by atoms with Crippen molar-refractivity contribution in [2.75, 3.05) is 31.6 Å². The maximum absolute atomic E-state index is 12.5. The number of carbonyl (C=O) groups is 1. The van der Waals surface area contributed by atoms with E-state index in [1.807, 2.05) is 41.1 Å². The SMILES string of the molecule is CN(CC(=O)N1CCCCCC1)c1ncnc2ccccc12. The van der Waals surface area contributed by atoms with E-state index in [1.54, 1.807) is 6.33 Å². The van der Waals surface area contributed by atoms with Gasteiger partial charge in [-0.2, -0.15) is 0 Å². The molecule has 1 aliphatic rings. The fourth-order valence-electron chi connectivity index (χ4n) is 2.99. The Hall–Kier alpha value is -2.17. The average Bonchev–Trinajstić information content (AvgIpc) is 2.83. The second kappa shape index (κ2) is 6.73. The van der Waals surface area contributed by atoms with Crippen molar-refractivity contribution >= 4 is 22.6 Å². The number of likely N-dealkylation sites (N-methyl/N-ethyl adjacent to an activating group) is 1. The molecule has 0 atom stereocenters. The molecule has 0 radical (unpaired) electrons. The van der Waals surface area contributed by atoms with Crippen LogP contribution in [0.25, 0.3) is 10.9 Å². The largest absolute Gasteiger partial charge is 0.350 e. The van der Waals surface area contributed by atoms with E-state index in [0.717, 1.165) is 42.7 Å². The predicted octanol–water partition coefficient (Wildman–Crippen LogP) is 2.47. The number of fused-ring (bicyclic) bond motifs is 1. The molecule has 1 amide bonds. The van der Waals surface area contributed by atoms with Crippen LogP contribution in [-0.4, -0.2) is 47.5 Å². The summed E-state index contributed by atoms with van der Waals surface area (Å²) in [5.41, 5.74) is 0.904. The minimum atomic E-state index is 0.187. The van der Waals surface area contributed by atoms with Crippen molar-refractivity contribution < 1.29 is 4.79 Å². The monoisotopic (exact) mass is 298 g/mol. The lowest BCUT2D eigenvalue weighted by molar-refractivity contribution is -0.129. The Morgan fingerprint density at radius 2 is 1.86 bits per heavy atom. The maximum atomic E-state index is 12.5. The molecular weight excluding hydrogens is 276 g/mol. The van der Waals surface area contributed by atoms with E-state index in [-0.39, 0.29) is 5.91 Å². The zero-order valence-electron chi connectivity index (χ0n) is 13.0. The van der Waals surface area contributed by atoms with Gasteiger partial charge >= 0.3 is 0 Å². The second-order valence-electron chi connectivity index (χ2n) is 5.87. The minimum absolute atomic E-state index is 0.187. The Labute approximate surface area is 131 Å². The van der Waals surface area contributed by atoms with E-state index in [9.17, 15) is 4.79 Å². The molecule has 1 aromatic carbocycles. The van der Waals surface area contributed by atoms with Gasteiger partial charge in [-0.15, -0.1) is 0 Å². The molecule has 1 saturated heterocycles. The zero-order chi connectivity index (χ0) is 15.4. The Bertz CT molecular complexity index is 645. The summed E-state index contributed by atoms with van der Waals surface area (Å²) in [6.45, 7) is 2.13. The molecule has 1 aromatic heterocycles. The van der Waals surface area contributed by atoms with Gasteiger partial charge in [-0.25, -0.2) is 9.97 Å². The molecule has 3 rings (SSSR count). The number of nitrogens with zero attached hydrogens (tertiary/aromatic N) is 4. The third-order valence-electron chi connectivity index (χ3n) is 4.21. The summed E-state index contributed by atoms with van der Waals surface area (Å²) >= 11 is 0. The summed E-state index contributed by atoms with van der Waals surface area (Å²) in [7, 11) is 1.92. The second-order valence-corrected chi connectivity index (χ2v) is 5.87. The average molecular weight is 298 g/mol. The summed E-state index contributed by atoms with van der Waals surface area (Å²) in [6, 6.07) is 7.89.